The van der Waals surface area contributed by atoms with Gasteiger partial charge in [0, 0.05) is 13.6 Å². The van der Waals surface area contributed by atoms with E-state index in [-0.39, 0.29) is 0 Å². The van der Waals surface area contributed by atoms with E-state index in [9.17, 15) is 5.11 Å². The molecule has 0 aliphatic rings. The zero-order chi connectivity index (χ0) is 8.10. The predicted octanol–water partition coefficient (Wildman–Crippen LogP) is 1.10. The fourth-order valence-electron chi connectivity index (χ4n) is 0.930. The Morgan fingerprint density at radius 1 is 1.36 bits per heavy atom. The van der Waals surface area contributed by atoms with Gasteiger partial charge in [-0.1, -0.05) is 30.3 Å². The third kappa shape index (κ3) is 2.33. The van der Waals surface area contributed by atoms with Gasteiger partial charge in [-0.25, -0.2) is 0 Å². The molecule has 0 bridgehead atoms. The molecule has 0 spiro atoms. The zero-order valence-corrected chi connectivity index (χ0v) is 6.33. The molecule has 0 amide bonds. The van der Waals surface area contributed by atoms with Crippen molar-refractivity contribution in [3.8, 4) is 0 Å². The van der Waals surface area contributed by atoms with Crippen molar-refractivity contribution in [2.24, 2.45) is 0 Å². The predicted molar refractivity (Wildman–Crippen MR) is 44.8 cm³/mol. The first-order chi connectivity index (χ1) is 5.34. The fraction of sp³-hybridized carbons (Fsp3) is 0.222. The second-order valence-corrected chi connectivity index (χ2v) is 2.38. The molecule has 1 rings (SSSR count). The van der Waals surface area contributed by atoms with E-state index in [0.717, 1.165) is 5.56 Å². The van der Waals surface area contributed by atoms with E-state index in [0.29, 0.717) is 6.54 Å². The van der Waals surface area contributed by atoms with E-state index in [1.54, 1.807) is 0 Å². The van der Waals surface area contributed by atoms with Crippen LogP contribution >= 0.6 is 0 Å². The van der Waals surface area contributed by atoms with Crippen LogP contribution in [-0.2, 0) is 0 Å². The maximum absolute atomic E-state index is 9.42. The van der Waals surface area contributed by atoms with Gasteiger partial charge in [-0.15, -0.1) is 0 Å². The molecule has 0 fully saturated rings. The quantitative estimate of drug-likeness (QED) is 0.676. The number of rotatable bonds is 3. The van der Waals surface area contributed by atoms with Crippen molar-refractivity contribution in [2.75, 3.05) is 6.54 Å². The summed E-state index contributed by atoms with van der Waals surface area (Å²) in [5, 5.41) is 12.1. The van der Waals surface area contributed by atoms with Gasteiger partial charge < -0.3 is 10.4 Å². The van der Waals surface area contributed by atoms with Gasteiger partial charge in [0.05, 0.1) is 6.10 Å². The Hall–Kier alpha value is -0.860. The largest absolute Gasteiger partial charge is 0.387 e. The Labute approximate surface area is 66.9 Å². The van der Waals surface area contributed by atoms with Gasteiger partial charge in [-0.3, -0.25) is 0 Å². The first-order valence-electron chi connectivity index (χ1n) is 3.57. The molecule has 0 aliphatic heterocycles. The van der Waals surface area contributed by atoms with Crippen molar-refractivity contribution in [1.82, 2.24) is 5.32 Å². The van der Waals surface area contributed by atoms with Gasteiger partial charge in [-0.2, -0.15) is 0 Å². The minimum atomic E-state index is -0.450. The molecule has 1 unspecified atom stereocenters. The number of hydrogen-bond donors (Lipinski definition) is 2. The van der Waals surface area contributed by atoms with E-state index in [2.05, 4.69) is 12.4 Å². The third-order valence-corrected chi connectivity index (χ3v) is 1.52. The van der Waals surface area contributed by atoms with Gasteiger partial charge in [0.15, 0.2) is 0 Å². The minimum Gasteiger partial charge on any atom is -0.387 e. The molecule has 1 atom stereocenters. The Morgan fingerprint density at radius 2 is 2.00 bits per heavy atom. The van der Waals surface area contributed by atoms with E-state index in [4.69, 9.17) is 0 Å². The lowest BCUT2D eigenvalue weighted by atomic mass is 10.1. The summed E-state index contributed by atoms with van der Waals surface area (Å²) in [6.07, 6.45) is -0.450. The molecule has 11 heavy (non-hydrogen) atoms. The second-order valence-electron chi connectivity index (χ2n) is 2.38. The summed E-state index contributed by atoms with van der Waals surface area (Å²) in [6.45, 7) is 0.490. The molecule has 0 saturated carbocycles. The normalized spacial score (nSPS) is 12.9. The number of aliphatic hydroxyl groups excluding tert-OH is 1. The highest BCUT2D eigenvalue weighted by atomic mass is 16.3. The summed E-state index contributed by atoms with van der Waals surface area (Å²) in [5.41, 5.74) is 0.920. The highest BCUT2D eigenvalue weighted by Crippen LogP contribution is 2.09. The molecule has 1 radical (unpaired) electrons. The van der Waals surface area contributed by atoms with Gasteiger partial charge in [0.25, 0.3) is 0 Å². The monoisotopic (exact) mass is 150 g/mol. The number of hydrogen-bond acceptors (Lipinski definition) is 2. The van der Waals surface area contributed by atoms with Crippen molar-refractivity contribution in [3.05, 3.63) is 42.9 Å². The van der Waals surface area contributed by atoms with E-state index >= 15 is 0 Å². The van der Waals surface area contributed by atoms with E-state index < -0.39 is 6.10 Å². The lowest BCUT2D eigenvalue weighted by Gasteiger charge is -2.08. The van der Waals surface area contributed by atoms with E-state index in [1.807, 2.05) is 30.3 Å². The molecule has 1 aromatic carbocycles. The summed E-state index contributed by atoms with van der Waals surface area (Å²) in [5.74, 6) is 0. The Bertz CT molecular complexity index is 198. The molecule has 2 heteroatoms. The van der Waals surface area contributed by atoms with Crippen molar-refractivity contribution < 1.29 is 5.11 Å². The van der Waals surface area contributed by atoms with Gasteiger partial charge in [-0.05, 0) is 5.56 Å². The van der Waals surface area contributed by atoms with E-state index in [1.165, 1.54) is 0 Å². The van der Waals surface area contributed by atoms with Crippen LogP contribution in [0.15, 0.2) is 30.3 Å². The van der Waals surface area contributed by atoms with Gasteiger partial charge in [0.2, 0.25) is 0 Å². The number of nitrogens with one attached hydrogen (secondary N) is 1. The number of benzene rings is 1. The van der Waals surface area contributed by atoms with Crippen LogP contribution in [0.4, 0.5) is 0 Å². The SMILES string of the molecule is [CH2]NCC(O)c1ccccc1. The lowest BCUT2D eigenvalue weighted by molar-refractivity contribution is 0.179. The van der Waals surface area contributed by atoms with Crippen LogP contribution in [0, 0.1) is 7.05 Å². The molecule has 0 aliphatic carbocycles. The summed E-state index contributed by atoms with van der Waals surface area (Å²) < 4.78 is 0. The van der Waals surface area contributed by atoms with Crippen LogP contribution in [-0.4, -0.2) is 11.7 Å². The van der Waals surface area contributed by atoms with Crippen LogP contribution in [0.1, 0.15) is 11.7 Å². The molecule has 0 saturated heterocycles. The van der Waals surface area contributed by atoms with Crippen LogP contribution in [0.5, 0.6) is 0 Å². The molecule has 2 nitrogen and oxygen atoms in total. The Morgan fingerprint density at radius 3 is 2.55 bits per heavy atom. The third-order valence-electron chi connectivity index (χ3n) is 1.52. The molecule has 0 heterocycles. The lowest BCUT2D eigenvalue weighted by Crippen LogP contribution is -2.14. The average Bonchev–Trinajstić information content (AvgIpc) is 2.07. The second kappa shape index (κ2) is 4.11. The van der Waals surface area contributed by atoms with Crippen molar-refractivity contribution in [2.45, 2.75) is 6.10 Å². The maximum atomic E-state index is 9.42. The molecule has 2 N–H and O–H groups in total. The summed E-state index contributed by atoms with van der Waals surface area (Å²) >= 11 is 0. The molecule has 0 aromatic heterocycles. The molecular formula is C9H12NO. The van der Waals surface area contributed by atoms with Gasteiger partial charge >= 0.3 is 0 Å². The van der Waals surface area contributed by atoms with Crippen molar-refractivity contribution in [3.63, 3.8) is 0 Å². The first-order valence-corrected chi connectivity index (χ1v) is 3.57. The molecule has 1 aromatic rings. The van der Waals surface area contributed by atoms with Crippen molar-refractivity contribution >= 4 is 0 Å². The number of aliphatic hydroxyl groups is 1. The highest BCUT2D eigenvalue weighted by Gasteiger charge is 2.03. The average molecular weight is 150 g/mol. The highest BCUT2D eigenvalue weighted by molar-refractivity contribution is 5.17. The zero-order valence-electron chi connectivity index (χ0n) is 6.33. The van der Waals surface area contributed by atoms with Crippen LogP contribution < -0.4 is 5.32 Å². The topological polar surface area (TPSA) is 32.3 Å². The first kappa shape index (κ1) is 8.24. The Balaban J connectivity index is 2.61. The van der Waals surface area contributed by atoms with Crippen molar-refractivity contribution in [1.29, 1.82) is 0 Å². The van der Waals surface area contributed by atoms with Crippen LogP contribution in [0.25, 0.3) is 0 Å². The standard InChI is InChI=1S/C9H12NO/c1-10-7-9(11)8-5-3-2-4-6-8/h2-6,9-11H,1,7H2. The summed E-state index contributed by atoms with van der Waals surface area (Å²) in [4.78, 5) is 0. The van der Waals surface area contributed by atoms with Crippen LogP contribution in [0.3, 0.4) is 0 Å². The summed E-state index contributed by atoms with van der Waals surface area (Å²) in [7, 11) is 3.44. The maximum Gasteiger partial charge on any atom is 0.0914 e. The smallest absolute Gasteiger partial charge is 0.0914 e. The van der Waals surface area contributed by atoms with Crippen LogP contribution in [0.2, 0.25) is 0 Å². The van der Waals surface area contributed by atoms with Gasteiger partial charge in [0.1, 0.15) is 0 Å². The minimum absolute atomic E-state index is 0.450. The molecule has 59 valence electrons. The summed E-state index contributed by atoms with van der Waals surface area (Å²) in [6, 6.07) is 9.52. The fourth-order valence-corrected chi connectivity index (χ4v) is 0.930. The Kier molecular flexibility index (Phi) is 3.08. The molecular weight excluding hydrogens is 138 g/mol.